The smallest absolute Gasteiger partial charge is 0.119 e. The quantitative estimate of drug-likeness (QED) is 0.834. The van der Waals surface area contributed by atoms with Crippen LogP contribution < -0.4 is 10.1 Å². The Kier molecular flexibility index (Phi) is 6.07. The molecule has 118 valence electrons. The number of nitrogens with one attached hydrogen (secondary N) is 1. The molecule has 1 aromatic carbocycles. The van der Waals surface area contributed by atoms with E-state index in [1.54, 1.807) is 0 Å². The second kappa shape index (κ2) is 7.81. The number of likely N-dealkylation sites (tertiary alicyclic amines) is 1. The highest BCUT2D eigenvalue weighted by atomic mass is 16.5. The molecule has 0 spiro atoms. The van der Waals surface area contributed by atoms with Gasteiger partial charge >= 0.3 is 0 Å². The van der Waals surface area contributed by atoms with Crippen molar-refractivity contribution in [2.75, 3.05) is 33.3 Å². The van der Waals surface area contributed by atoms with Crippen molar-refractivity contribution in [1.29, 1.82) is 0 Å². The van der Waals surface area contributed by atoms with Crippen LogP contribution in [0.25, 0.3) is 0 Å². The summed E-state index contributed by atoms with van der Waals surface area (Å²) in [4.78, 5) is 2.43. The van der Waals surface area contributed by atoms with E-state index < -0.39 is 0 Å². The van der Waals surface area contributed by atoms with Gasteiger partial charge in [0, 0.05) is 13.1 Å². The third kappa shape index (κ3) is 5.33. The molecule has 0 atom stereocenters. The summed E-state index contributed by atoms with van der Waals surface area (Å²) in [6.07, 6.45) is 3.63. The zero-order valence-corrected chi connectivity index (χ0v) is 13.8. The molecule has 3 nitrogen and oxygen atoms in total. The Bertz CT molecular complexity index is 425. The van der Waals surface area contributed by atoms with Crippen LogP contribution in [0.4, 0.5) is 0 Å². The molecule has 1 aromatic rings. The van der Waals surface area contributed by atoms with Gasteiger partial charge in [0.15, 0.2) is 0 Å². The Morgan fingerprint density at radius 1 is 1.29 bits per heavy atom. The normalized spacial score (nSPS) is 18.6. The minimum absolute atomic E-state index is 0.447. The van der Waals surface area contributed by atoms with Crippen LogP contribution in [0.15, 0.2) is 24.3 Å². The summed E-state index contributed by atoms with van der Waals surface area (Å²) < 4.78 is 5.69. The van der Waals surface area contributed by atoms with Gasteiger partial charge in [-0.05, 0) is 62.5 Å². The third-order valence-corrected chi connectivity index (χ3v) is 4.45. The van der Waals surface area contributed by atoms with Crippen LogP contribution in [0.3, 0.4) is 0 Å². The molecule has 0 aromatic heterocycles. The lowest BCUT2D eigenvalue weighted by Crippen LogP contribution is -2.41. The summed E-state index contributed by atoms with van der Waals surface area (Å²) in [5, 5.41) is 3.64. The summed E-state index contributed by atoms with van der Waals surface area (Å²) in [5.74, 6) is 0.988. The molecule has 0 amide bonds. The van der Waals surface area contributed by atoms with E-state index in [-0.39, 0.29) is 0 Å². The minimum atomic E-state index is 0.447. The van der Waals surface area contributed by atoms with Crippen LogP contribution in [0.2, 0.25) is 0 Å². The summed E-state index contributed by atoms with van der Waals surface area (Å²) in [6.45, 7) is 9.80. The average Bonchev–Trinajstić information content (AvgIpc) is 2.49. The predicted molar refractivity (Wildman–Crippen MR) is 88.8 cm³/mol. The van der Waals surface area contributed by atoms with Gasteiger partial charge in [-0.1, -0.05) is 26.0 Å². The molecular formula is C18H30N2O. The number of hydrogen-bond acceptors (Lipinski definition) is 3. The monoisotopic (exact) mass is 290 g/mol. The Morgan fingerprint density at radius 3 is 2.76 bits per heavy atom. The fourth-order valence-corrected chi connectivity index (χ4v) is 2.81. The standard InChI is InChI=1S/C18H30N2O/c1-4-12-21-17-7-5-6-16(13-17)14-19-15-18(2)8-10-20(3)11-9-18/h5-7,13,19H,4,8-12,14-15H2,1-3H3. The number of benzene rings is 1. The van der Waals surface area contributed by atoms with E-state index in [1.165, 1.54) is 31.5 Å². The molecule has 1 heterocycles. The molecule has 0 radical (unpaired) electrons. The highest BCUT2D eigenvalue weighted by Gasteiger charge is 2.28. The molecule has 0 unspecified atom stereocenters. The third-order valence-electron chi connectivity index (χ3n) is 4.45. The number of nitrogens with zero attached hydrogens (tertiary/aromatic N) is 1. The molecule has 2 rings (SSSR count). The summed E-state index contributed by atoms with van der Waals surface area (Å²) in [5.41, 5.74) is 1.75. The van der Waals surface area contributed by atoms with Gasteiger partial charge in [-0.2, -0.15) is 0 Å². The topological polar surface area (TPSA) is 24.5 Å². The zero-order chi connectivity index (χ0) is 15.1. The molecule has 1 aliphatic rings. The molecule has 0 bridgehead atoms. The number of piperidine rings is 1. The fraction of sp³-hybridized carbons (Fsp3) is 0.667. The Balaban J connectivity index is 1.77. The van der Waals surface area contributed by atoms with Crippen LogP contribution in [0, 0.1) is 5.41 Å². The largest absolute Gasteiger partial charge is 0.494 e. The van der Waals surface area contributed by atoms with Crippen LogP contribution in [-0.4, -0.2) is 38.2 Å². The first-order valence-electron chi connectivity index (χ1n) is 8.22. The second-order valence-electron chi connectivity index (χ2n) is 6.71. The van der Waals surface area contributed by atoms with E-state index in [4.69, 9.17) is 4.74 Å². The van der Waals surface area contributed by atoms with Gasteiger partial charge in [0.2, 0.25) is 0 Å². The molecule has 0 saturated carbocycles. The molecule has 1 aliphatic heterocycles. The van der Waals surface area contributed by atoms with E-state index in [0.717, 1.165) is 31.9 Å². The Labute approximate surface area is 129 Å². The maximum absolute atomic E-state index is 5.69. The van der Waals surface area contributed by atoms with E-state index in [9.17, 15) is 0 Å². The first-order valence-corrected chi connectivity index (χ1v) is 8.22. The maximum atomic E-state index is 5.69. The lowest BCUT2D eigenvalue weighted by Gasteiger charge is -2.38. The van der Waals surface area contributed by atoms with E-state index >= 15 is 0 Å². The number of rotatable bonds is 7. The van der Waals surface area contributed by atoms with Crippen LogP contribution in [-0.2, 0) is 6.54 Å². The van der Waals surface area contributed by atoms with Gasteiger partial charge in [0.25, 0.3) is 0 Å². The van der Waals surface area contributed by atoms with Crippen molar-refractivity contribution in [3.05, 3.63) is 29.8 Å². The summed E-state index contributed by atoms with van der Waals surface area (Å²) in [7, 11) is 2.22. The molecule has 3 heteroatoms. The van der Waals surface area contributed by atoms with Gasteiger partial charge in [0.1, 0.15) is 5.75 Å². The van der Waals surface area contributed by atoms with Crippen molar-refractivity contribution in [2.24, 2.45) is 5.41 Å². The van der Waals surface area contributed by atoms with E-state index in [0.29, 0.717) is 5.41 Å². The van der Waals surface area contributed by atoms with Gasteiger partial charge < -0.3 is 15.0 Å². The molecule has 21 heavy (non-hydrogen) atoms. The minimum Gasteiger partial charge on any atom is -0.494 e. The van der Waals surface area contributed by atoms with Gasteiger partial charge in [0.05, 0.1) is 6.61 Å². The van der Waals surface area contributed by atoms with Crippen LogP contribution in [0.1, 0.15) is 38.7 Å². The van der Waals surface area contributed by atoms with Crippen LogP contribution >= 0.6 is 0 Å². The van der Waals surface area contributed by atoms with Crippen molar-refractivity contribution >= 4 is 0 Å². The Hall–Kier alpha value is -1.06. The molecule has 1 fully saturated rings. The number of ether oxygens (including phenoxy) is 1. The fourth-order valence-electron chi connectivity index (χ4n) is 2.81. The first kappa shape index (κ1) is 16.3. The van der Waals surface area contributed by atoms with Crippen molar-refractivity contribution in [2.45, 2.75) is 39.7 Å². The van der Waals surface area contributed by atoms with Gasteiger partial charge in [-0.25, -0.2) is 0 Å². The molecular weight excluding hydrogens is 260 g/mol. The van der Waals surface area contributed by atoms with Crippen LogP contribution in [0.5, 0.6) is 5.75 Å². The van der Waals surface area contributed by atoms with Crippen molar-refractivity contribution in [3.63, 3.8) is 0 Å². The second-order valence-corrected chi connectivity index (χ2v) is 6.71. The zero-order valence-electron chi connectivity index (χ0n) is 13.8. The van der Waals surface area contributed by atoms with Crippen molar-refractivity contribution < 1.29 is 4.74 Å². The molecule has 1 N–H and O–H groups in total. The lowest BCUT2D eigenvalue weighted by atomic mass is 9.80. The maximum Gasteiger partial charge on any atom is 0.119 e. The van der Waals surface area contributed by atoms with Crippen molar-refractivity contribution in [1.82, 2.24) is 10.2 Å². The van der Waals surface area contributed by atoms with Crippen molar-refractivity contribution in [3.8, 4) is 5.75 Å². The van der Waals surface area contributed by atoms with E-state index in [2.05, 4.69) is 49.3 Å². The summed E-state index contributed by atoms with van der Waals surface area (Å²) >= 11 is 0. The SMILES string of the molecule is CCCOc1cccc(CNCC2(C)CCN(C)CC2)c1. The van der Waals surface area contributed by atoms with E-state index in [1.807, 2.05) is 6.07 Å². The predicted octanol–water partition coefficient (Wildman–Crippen LogP) is 3.30. The number of hydrogen-bond donors (Lipinski definition) is 1. The Morgan fingerprint density at radius 2 is 2.05 bits per heavy atom. The van der Waals surface area contributed by atoms with Gasteiger partial charge in [-0.15, -0.1) is 0 Å². The lowest BCUT2D eigenvalue weighted by molar-refractivity contribution is 0.137. The first-order chi connectivity index (χ1) is 10.1. The van der Waals surface area contributed by atoms with Gasteiger partial charge in [-0.3, -0.25) is 0 Å². The highest BCUT2D eigenvalue weighted by molar-refractivity contribution is 5.28. The molecule has 0 aliphatic carbocycles. The molecule has 1 saturated heterocycles. The average molecular weight is 290 g/mol. The highest BCUT2D eigenvalue weighted by Crippen LogP contribution is 2.29. The summed E-state index contributed by atoms with van der Waals surface area (Å²) in [6, 6.07) is 8.44.